The van der Waals surface area contributed by atoms with Crippen LogP contribution in [0.5, 0.6) is 0 Å². The van der Waals surface area contributed by atoms with E-state index in [0.29, 0.717) is 0 Å². The highest BCUT2D eigenvalue weighted by atomic mass is 79.9. The van der Waals surface area contributed by atoms with E-state index in [1.807, 2.05) is 6.20 Å². The van der Waals surface area contributed by atoms with Gasteiger partial charge in [-0.15, -0.1) is 0 Å². The molecular formula is C13H22BrN3. The first-order chi connectivity index (χ1) is 7.92. The van der Waals surface area contributed by atoms with Crippen LogP contribution in [0, 0.1) is 0 Å². The summed E-state index contributed by atoms with van der Waals surface area (Å²) < 4.78 is 1.02. The van der Waals surface area contributed by atoms with Crippen LogP contribution in [0.3, 0.4) is 0 Å². The van der Waals surface area contributed by atoms with E-state index < -0.39 is 0 Å². The van der Waals surface area contributed by atoms with Crippen LogP contribution in [0.2, 0.25) is 0 Å². The molecular weight excluding hydrogens is 278 g/mol. The SMILES string of the molecule is CCCNCc1cc(Br)cnc1NC(C)(C)C. The molecule has 0 fully saturated rings. The Balaban J connectivity index is 2.80. The summed E-state index contributed by atoms with van der Waals surface area (Å²) >= 11 is 3.47. The number of rotatable bonds is 5. The first kappa shape index (κ1) is 14.5. The second-order valence-electron chi connectivity index (χ2n) is 5.21. The third kappa shape index (κ3) is 5.50. The van der Waals surface area contributed by atoms with Gasteiger partial charge in [-0.1, -0.05) is 6.92 Å². The van der Waals surface area contributed by atoms with Gasteiger partial charge in [-0.25, -0.2) is 4.98 Å². The Morgan fingerprint density at radius 1 is 1.35 bits per heavy atom. The summed E-state index contributed by atoms with van der Waals surface area (Å²) in [5.41, 5.74) is 1.23. The summed E-state index contributed by atoms with van der Waals surface area (Å²) in [5.74, 6) is 0.962. The van der Waals surface area contributed by atoms with Crippen LogP contribution in [-0.4, -0.2) is 17.1 Å². The molecule has 1 aromatic rings. The lowest BCUT2D eigenvalue weighted by Crippen LogP contribution is -2.28. The van der Waals surface area contributed by atoms with Gasteiger partial charge in [-0.2, -0.15) is 0 Å². The van der Waals surface area contributed by atoms with E-state index >= 15 is 0 Å². The molecule has 0 aliphatic heterocycles. The molecule has 3 nitrogen and oxygen atoms in total. The van der Waals surface area contributed by atoms with Crippen LogP contribution >= 0.6 is 15.9 Å². The van der Waals surface area contributed by atoms with Gasteiger partial charge in [0.1, 0.15) is 5.82 Å². The average molecular weight is 300 g/mol. The second kappa shape index (κ2) is 6.36. The van der Waals surface area contributed by atoms with Crippen LogP contribution in [0.1, 0.15) is 39.7 Å². The average Bonchev–Trinajstić information content (AvgIpc) is 2.20. The van der Waals surface area contributed by atoms with E-state index in [2.05, 4.69) is 65.3 Å². The number of hydrogen-bond donors (Lipinski definition) is 2. The molecule has 0 aromatic carbocycles. The van der Waals surface area contributed by atoms with Gasteiger partial charge >= 0.3 is 0 Å². The predicted octanol–water partition coefficient (Wildman–Crippen LogP) is 3.55. The van der Waals surface area contributed by atoms with Crippen molar-refractivity contribution in [2.75, 3.05) is 11.9 Å². The summed E-state index contributed by atoms with van der Waals surface area (Å²) in [6.07, 6.45) is 2.97. The Labute approximate surface area is 113 Å². The standard InChI is InChI=1S/C13H22BrN3/c1-5-6-15-8-10-7-11(14)9-16-12(10)17-13(2,3)4/h7,9,15H,5-6,8H2,1-4H3,(H,16,17). The summed E-state index contributed by atoms with van der Waals surface area (Å²) in [7, 11) is 0. The van der Waals surface area contributed by atoms with E-state index in [1.54, 1.807) is 0 Å². The largest absolute Gasteiger partial charge is 0.365 e. The van der Waals surface area contributed by atoms with Crippen molar-refractivity contribution in [1.82, 2.24) is 10.3 Å². The van der Waals surface area contributed by atoms with Gasteiger partial charge in [0.25, 0.3) is 0 Å². The molecule has 0 amide bonds. The topological polar surface area (TPSA) is 37.0 Å². The Kier molecular flexibility index (Phi) is 5.40. The monoisotopic (exact) mass is 299 g/mol. The van der Waals surface area contributed by atoms with Crippen LogP contribution in [0.4, 0.5) is 5.82 Å². The smallest absolute Gasteiger partial charge is 0.130 e. The highest BCUT2D eigenvalue weighted by molar-refractivity contribution is 9.10. The van der Waals surface area contributed by atoms with Gasteiger partial charge < -0.3 is 10.6 Å². The summed E-state index contributed by atoms with van der Waals surface area (Å²) in [6, 6.07) is 2.11. The predicted molar refractivity (Wildman–Crippen MR) is 77.3 cm³/mol. The minimum Gasteiger partial charge on any atom is -0.365 e. The van der Waals surface area contributed by atoms with Gasteiger partial charge in [-0.05, 0) is 55.7 Å². The molecule has 0 bridgehead atoms. The molecule has 0 saturated carbocycles. The Morgan fingerprint density at radius 3 is 2.65 bits per heavy atom. The van der Waals surface area contributed by atoms with Crippen molar-refractivity contribution in [3.05, 3.63) is 22.3 Å². The minimum absolute atomic E-state index is 0.0281. The lowest BCUT2D eigenvalue weighted by atomic mass is 10.1. The molecule has 0 radical (unpaired) electrons. The van der Waals surface area contributed by atoms with Crippen molar-refractivity contribution >= 4 is 21.7 Å². The van der Waals surface area contributed by atoms with Gasteiger partial charge in [0, 0.05) is 28.3 Å². The second-order valence-corrected chi connectivity index (χ2v) is 6.13. The van der Waals surface area contributed by atoms with Crippen molar-refractivity contribution in [3.63, 3.8) is 0 Å². The fraction of sp³-hybridized carbons (Fsp3) is 0.615. The maximum absolute atomic E-state index is 4.44. The Bertz CT molecular complexity index is 358. The maximum Gasteiger partial charge on any atom is 0.130 e. The minimum atomic E-state index is 0.0281. The number of nitrogens with zero attached hydrogens (tertiary/aromatic N) is 1. The van der Waals surface area contributed by atoms with Crippen LogP contribution in [0.15, 0.2) is 16.7 Å². The van der Waals surface area contributed by atoms with Crippen molar-refractivity contribution < 1.29 is 0 Å². The fourth-order valence-electron chi connectivity index (χ4n) is 1.48. The normalized spacial score (nSPS) is 11.6. The first-order valence-corrected chi connectivity index (χ1v) is 6.85. The first-order valence-electron chi connectivity index (χ1n) is 6.05. The zero-order valence-corrected chi connectivity index (χ0v) is 12.7. The molecule has 0 aliphatic carbocycles. The maximum atomic E-state index is 4.44. The van der Waals surface area contributed by atoms with Gasteiger partial charge in [0.05, 0.1) is 0 Å². The third-order valence-corrected chi connectivity index (χ3v) is 2.60. The zero-order valence-electron chi connectivity index (χ0n) is 11.1. The number of nitrogens with one attached hydrogen (secondary N) is 2. The quantitative estimate of drug-likeness (QED) is 0.817. The van der Waals surface area contributed by atoms with Crippen molar-refractivity contribution in [2.45, 2.75) is 46.2 Å². The van der Waals surface area contributed by atoms with Crippen LogP contribution < -0.4 is 10.6 Å². The lowest BCUT2D eigenvalue weighted by Gasteiger charge is -2.23. The summed E-state index contributed by atoms with van der Waals surface area (Å²) in [4.78, 5) is 4.44. The third-order valence-electron chi connectivity index (χ3n) is 2.17. The molecule has 0 atom stereocenters. The molecule has 17 heavy (non-hydrogen) atoms. The zero-order chi connectivity index (χ0) is 12.9. The van der Waals surface area contributed by atoms with Gasteiger partial charge in [-0.3, -0.25) is 0 Å². The fourth-order valence-corrected chi connectivity index (χ4v) is 1.86. The molecule has 96 valence electrons. The lowest BCUT2D eigenvalue weighted by molar-refractivity contribution is 0.623. The number of hydrogen-bond acceptors (Lipinski definition) is 3. The van der Waals surface area contributed by atoms with Crippen molar-refractivity contribution in [2.24, 2.45) is 0 Å². The molecule has 0 unspecified atom stereocenters. The molecule has 1 aromatic heterocycles. The van der Waals surface area contributed by atoms with Crippen LogP contribution in [0.25, 0.3) is 0 Å². The van der Waals surface area contributed by atoms with E-state index in [9.17, 15) is 0 Å². The number of pyridine rings is 1. The molecule has 4 heteroatoms. The Morgan fingerprint density at radius 2 is 2.06 bits per heavy atom. The van der Waals surface area contributed by atoms with E-state index in [-0.39, 0.29) is 5.54 Å². The highest BCUT2D eigenvalue weighted by Crippen LogP contribution is 2.21. The summed E-state index contributed by atoms with van der Waals surface area (Å²) in [6.45, 7) is 10.5. The number of aromatic nitrogens is 1. The van der Waals surface area contributed by atoms with Gasteiger partial charge in [0.2, 0.25) is 0 Å². The molecule has 1 heterocycles. The highest BCUT2D eigenvalue weighted by Gasteiger charge is 2.13. The summed E-state index contributed by atoms with van der Waals surface area (Å²) in [5, 5.41) is 6.84. The van der Waals surface area contributed by atoms with E-state index in [1.165, 1.54) is 5.56 Å². The number of halogens is 1. The molecule has 0 aliphatic rings. The Hall–Kier alpha value is -0.610. The molecule has 2 N–H and O–H groups in total. The van der Waals surface area contributed by atoms with E-state index in [4.69, 9.17) is 0 Å². The number of anilines is 1. The van der Waals surface area contributed by atoms with Crippen LogP contribution in [-0.2, 0) is 6.54 Å². The molecule has 1 rings (SSSR count). The molecule has 0 saturated heterocycles. The van der Waals surface area contributed by atoms with Crippen molar-refractivity contribution in [3.8, 4) is 0 Å². The van der Waals surface area contributed by atoms with Crippen molar-refractivity contribution in [1.29, 1.82) is 0 Å². The van der Waals surface area contributed by atoms with Gasteiger partial charge in [0.15, 0.2) is 0 Å². The molecule has 0 spiro atoms. The van der Waals surface area contributed by atoms with E-state index in [0.717, 1.165) is 29.8 Å².